The van der Waals surface area contributed by atoms with Crippen LogP contribution < -0.4 is 0 Å². The SMILES string of the molecule is Cc1ccc(-n2ncc(C(=O)N3CCN(C(=O)Cn4cnnn4)CC3)c2C(F)(F)F)cc1. The molecule has 168 valence electrons. The molecule has 4 rings (SSSR count). The van der Waals surface area contributed by atoms with Gasteiger partial charge < -0.3 is 9.80 Å². The second-order valence-electron chi connectivity index (χ2n) is 7.33. The lowest BCUT2D eigenvalue weighted by molar-refractivity contribution is -0.143. The van der Waals surface area contributed by atoms with Gasteiger partial charge in [-0.15, -0.1) is 5.10 Å². The number of rotatable bonds is 4. The molecule has 2 aromatic heterocycles. The van der Waals surface area contributed by atoms with Crippen LogP contribution in [0.4, 0.5) is 13.2 Å². The van der Waals surface area contributed by atoms with Gasteiger partial charge >= 0.3 is 6.18 Å². The van der Waals surface area contributed by atoms with Crippen LogP contribution in [0.15, 0.2) is 36.8 Å². The Bertz CT molecular complexity index is 1100. The molecular formula is C19H19F3N8O2. The van der Waals surface area contributed by atoms with E-state index in [1.165, 1.54) is 32.9 Å². The average molecular weight is 448 g/mol. The molecule has 0 spiro atoms. The predicted molar refractivity (Wildman–Crippen MR) is 104 cm³/mol. The number of piperazine rings is 1. The largest absolute Gasteiger partial charge is 0.434 e. The molecule has 1 aliphatic rings. The molecule has 32 heavy (non-hydrogen) atoms. The molecule has 3 aromatic rings. The number of halogens is 3. The number of carbonyl (C=O) groups excluding carboxylic acids is 2. The fourth-order valence-corrected chi connectivity index (χ4v) is 3.48. The minimum Gasteiger partial charge on any atom is -0.338 e. The van der Waals surface area contributed by atoms with Crippen molar-refractivity contribution in [3.63, 3.8) is 0 Å². The fraction of sp³-hybridized carbons (Fsp3) is 0.368. The highest BCUT2D eigenvalue weighted by Gasteiger charge is 2.41. The Morgan fingerprint density at radius 3 is 2.28 bits per heavy atom. The summed E-state index contributed by atoms with van der Waals surface area (Å²) in [5.74, 6) is -1.02. The van der Waals surface area contributed by atoms with Crippen molar-refractivity contribution in [2.24, 2.45) is 0 Å². The Labute approximate surface area is 180 Å². The molecule has 0 unspecified atom stereocenters. The maximum absolute atomic E-state index is 13.9. The van der Waals surface area contributed by atoms with Crippen LogP contribution in [0, 0.1) is 6.92 Å². The van der Waals surface area contributed by atoms with Crippen LogP contribution in [-0.2, 0) is 17.5 Å². The Balaban J connectivity index is 1.50. The number of hydrogen-bond acceptors (Lipinski definition) is 6. The number of amides is 2. The summed E-state index contributed by atoms with van der Waals surface area (Å²) >= 11 is 0. The molecule has 0 N–H and O–H groups in total. The summed E-state index contributed by atoms with van der Waals surface area (Å²) in [4.78, 5) is 28.1. The van der Waals surface area contributed by atoms with E-state index in [1.807, 2.05) is 6.92 Å². The van der Waals surface area contributed by atoms with Gasteiger partial charge in [0.1, 0.15) is 12.9 Å². The minimum atomic E-state index is -4.78. The van der Waals surface area contributed by atoms with Gasteiger partial charge in [0, 0.05) is 26.2 Å². The zero-order chi connectivity index (χ0) is 22.9. The van der Waals surface area contributed by atoms with Gasteiger partial charge in [-0.3, -0.25) is 9.59 Å². The van der Waals surface area contributed by atoms with Crippen LogP contribution in [0.3, 0.4) is 0 Å². The summed E-state index contributed by atoms with van der Waals surface area (Å²) in [6.45, 7) is 2.36. The molecule has 0 aliphatic carbocycles. The predicted octanol–water partition coefficient (Wildman–Crippen LogP) is 1.17. The van der Waals surface area contributed by atoms with E-state index in [9.17, 15) is 22.8 Å². The molecule has 1 saturated heterocycles. The lowest BCUT2D eigenvalue weighted by Gasteiger charge is -2.34. The third kappa shape index (κ3) is 4.31. The summed E-state index contributed by atoms with van der Waals surface area (Å²) in [5, 5.41) is 14.4. The highest BCUT2D eigenvalue weighted by atomic mass is 19.4. The zero-order valence-corrected chi connectivity index (χ0v) is 17.0. The number of hydrogen-bond donors (Lipinski definition) is 0. The van der Waals surface area contributed by atoms with Gasteiger partial charge in [-0.1, -0.05) is 17.7 Å². The lowest BCUT2D eigenvalue weighted by Crippen LogP contribution is -2.51. The molecule has 0 bridgehead atoms. The Kier molecular flexibility index (Phi) is 5.63. The molecule has 0 radical (unpaired) electrons. The van der Waals surface area contributed by atoms with Crippen molar-refractivity contribution in [1.82, 2.24) is 39.8 Å². The number of alkyl halides is 3. The van der Waals surface area contributed by atoms with Crippen molar-refractivity contribution in [3.8, 4) is 5.69 Å². The number of tetrazole rings is 1. The van der Waals surface area contributed by atoms with E-state index < -0.39 is 23.3 Å². The number of aryl methyl sites for hydroxylation is 1. The first kappa shape index (κ1) is 21.5. The van der Waals surface area contributed by atoms with Crippen molar-refractivity contribution in [1.29, 1.82) is 0 Å². The van der Waals surface area contributed by atoms with Gasteiger partial charge in [-0.2, -0.15) is 18.3 Å². The monoisotopic (exact) mass is 448 g/mol. The first-order valence-electron chi connectivity index (χ1n) is 9.74. The van der Waals surface area contributed by atoms with E-state index in [0.29, 0.717) is 0 Å². The van der Waals surface area contributed by atoms with Crippen molar-refractivity contribution in [3.05, 3.63) is 53.6 Å². The maximum Gasteiger partial charge on any atom is 0.434 e. The van der Waals surface area contributed by atoms with E-state index in [1.54, 1.807) is 12.1 Å². The van der Waals surface area contributed by atoms with Crippen molar-refractivity contribution >= 4 is 11.8 Å². The summed E-state index contributed by atoms with van der Waals surface area (Å²) < 4.78 is 43.6. The van der Waals surface area contributed by atoms with Crippen LogP contribution >= 0.6 is 0 Å². The third-order valence-electron chi connectivity index (χ3n) is 5.15. The van der Waals surface area contributed by atoms with Crippen LogP contribution in [0.5, 0.6) is 0 Å². The lowest BCUT2D eigenvalue weighted by atomic mass is 10.1. The smallest absolute Gasteiger partial charge is 0.338 e. The van der Waals surface area contributed by atoms with E-state index >= 15 is 0 Å². The fourth-order valence-electron chi connectivity index (χ4n) is 3.48. The van der Waals surface area contributed by atoms with Gasteiger partial charge in [0.2, 0.25) is 5.91 Å². The molecule has 1 aromatic carbocycles. The molecule has 0 atom stereocenters. The van der Waals surface area contributed by atoms with Crippen molar-refractivity contribution in [2.45, 2.75) is 19.6 Å². The van der Waals surface area contributed by atoms with Gasteiger partial charge in [0.05, 0.1) is 17.4 Å². The first-order chi connectivity index (χ1) is 15.2. The maximum atomic E-state index is 13.9. The summed E-state index contributed by atoms with van der Waals surface area (Å²) in [5.41, 5.74) is -0.548. The van der Waals surface area contributed by atoms with Crippen LogP contribution in [0.1, 0.15) is 21.6 Å². The zero-order valence-electron chi connectivity index (χ0n) is 17.0. The molecular weight excluding hydrogens is 429 g/mol. The first-order valence-corrected chi connectivity index (χ1v) is 9.74. The average Bonchev–Trinajstić information content (AvgIpc) is 3.43. The second kappa shape index (κ2) is 8.40. The molecule has 10 nitrogen and oxygen atoms in total. The van der Waals surface area contributed by atoms with E-state index in [-0.39, 0.29) is 44.3 Å². The van der Waals surface area contributed by atoms with Crippen LogP contribution in [0.2, 0.25) is 0 Å². The molecule has 2 amide bonds. The second-order valence-corrected chi connectivity index (χ2v) is 7.33. The van der Waals surface area contributed by atoms with E-state index in [0.717, 1.165) is 16.4 Å². The number of benzene rings is 1. The quantitative estimate of drug-likeness (QED) is 0.594. The Morgan fingerprint density at radius 1 is 1.03 bits per heavy atom. The van der Waals surface area contributed by atoms with Gasteiger partial charge in [-0.25, -0.2) is 9.36 Å². The highest BCUT2D eigenvalue weighted by Crippen LogP contribution is 2.34. The standard InChI is InChI=1S/C19H19F3N8O2/c1-13-2-4-14(5-3-13)30-17(19(20,21)22)15(10-24-30)18(32)28-8-6-27(7-9-28)16(31)11-29-12-23-25-26-29/h2-5,10,12H,6-9,11H2,1H3. The number of carbonyl (C=O) groups is 2. The Morgan fingerprint density at radius 2 is 1.69 bits per heavy atom. The van der Waals surface area contributed by atoms with Gasteiger partial charge in [-0.05, 0) is 29.5 Å². The number of nitrogens with zero attached hydrogens (tertiary/aromatic N) is 8. The number of aromatic nitrogens is 6. The molecule has 3 heterocycles. The van der Waals surface area contributed by atoms with Crippen molar-refractivity contribution < 1.29 is 22.8 Å². The molecule has 1 aliphatic heterocycles. The van der Waals surface area contributed by atoms with Gasteiger partial charge in [0.15, 0.2) is 5.69 Å². The van der Waals surface area contributed by atoms with E-state index in [4.69, 9.17) is 0 Å². The molecule has 0 saturated carbocycles. The van der Waals surface area contributed by atoms with Crippen molar-refractivity contribution in [2.75, 3.05) is 26.2 Å². The summed E-state index contributed by atoms with van der Waals surface area (Å²) in [6.07, 6.45) is -2.53. The molecule has 1 fully saturated rings. The van der Waals surface area contributed by atoms with Crippen LogP contribution in [0.25, 0.3) is 5.69 Å². The normalized spacial score (nSPS) is 14.6. The van der Waals surface area contributed by atoms with Crippen LogP contribution in [-0.4, -0.2) is 77.8 Å². The highest BCUT2D eigenvalue weighted by molar-refractivity contribution is 5.95. The third-order valence-corrected chi connectivity index (χ3v) is 5.15. The van der Waals surface area contributed by atoms with E-state index in [2.05, 4.69) is 20.6 Å². The molecule has 13 heteroatoms. The topological polar surface area (TPSA) is 102 Å². The summed E-state index contributed by atoms with van der Waals surface area (Å²) in [6, 6.07) is 6.37. The van der Waals surface area contributed by atoms with Gasteiger partial charge in [0.25, 0.3) is 5.91 Å². The minimum absolute atomic E-state index is 0.0531. The summed E-state index contributed by atoms with van der Waals surface area (Å²) in [7, 11) is 0. The Hall–Kier alpha value is -3.77.